The molecular weight excluding hydrogens is 306 g/mol. The molecule has 0 saturated heterocycles. The monoisotopic (exact) mass is 329 g/mol. The minimum Gasteiger partial charge on any atom is -0.493 e. The Labute approximate surface area is 141 Å². The van der Waals surface area contributed by atoms with Crippen LogP contribution in [0.25, 0.3) is 0 Å². The van der Waals surface area contributed by atoms with E-state index in [9.17, 15) is 4.79 Å². The summed E-state index contributed by atoms with van der Waals surface area (Å²) in [4.78, 5) is 16.4. The molecule has 1 aliphatic heterocycles. The van der Waals surface area contributed by atoms with E-state index in [1.165, 1.54) is 0 Å². The van der Waals surface area contributed by atoms with E-state index in [0.717, 1.165) is 35.7 Å². The largest absolute Gasteiger partial charge is 0.493 e. The summed E-state index contributed by atoms with van der Waals surface area (Å²) in [6.45, 7) is 3.52. The number of aryl methyl sites for hydroxylation is 1. The highest BCUT2D eigenvalue weighted by molar-refractivity contribution is 5.75. The normalized spacial score (nSPS) is 16.2. The summed E-state index contributed by atoms with van der Waals surface area (Å²) in [5, 5.41) is 3.00. The molecular formula is C18H23N3O3. The van der Waals surface area contributed by atoms with Gasteiger partial charge in [-0.2, -0.15) is 0 Å². The Morgan fingerprint density at radius 1 is 1.50 bits per heavy atom. The van der Waals surface area contributed by atoms with Crippen LogP contribution in [0.1, 0.15) is 18.3 Å². The van der Waals surface area contributed by atoms with Crippen molar-refractivity contribution in [2.24, 2.45) is 5.92 Å². The summed E-state index contributed by atoms with van der Waals surface area (Å²) >= 11 is 0. The highest BCUT2D eigenvalue weighted by Crippen LogP contribution is 2.35. The smallest absolute Gasteiger partial charge is 0.239 e. The van der Waals surface area contributed by atoms with Gasteiger partial charge in [-0.15, -0.1) is 0 Å². The van der Waals surface area contributed by atoms with Crippen LogP contribution in [-0.4, -0.2) is 35.7 Å². The highest BCUT2D eigenvalue weighted by atomic mass is 16.5. The number of ether oxygens (including phenoxy) is 2. The van der Waals surface area contributed by atoms with Gasteiger partial charge in [-0.3, -0.25) is 4.79 Å². The zero-order valence-electron chi connectivity index (χ0n) is 14.1. The van der Waals surface area contributed by atoms with E-state index < -0.39 is 0 Å². The number of aromatic nitrogens is 2. The number of imidazole rings is 1. The molecule has 1 N–H and O–H groups in total. The molecule has 6 heteroatoms. The van der Waals surface area contributed by atoms with Crippen LogP contribution in [0.15, 0.2) is 30.6 Å². The molecule has 1 unspecified atom stereocenters. The predicted molar refractivity (Wildman–Crippen MR) is 90.3 cm³/mol. The van der Waals surface area contributed by atoms with Gasteiger partial charge in [0.15, 0.2) is 11.5 Å². The van der Waals surface area contributed by atoms with Crippen molar-refractivity contribution in [2.75, 3.05) is 20.3 Å². The number of hydrogen-bond donors (Lipinski definition) is 1. The molecule has 1 aromatic carbocycles. The molecule has 0 fully saturated rings. The third-order valence-electron chi connectivity index (χ3n) is 4.27. The van der Waals surface area contributed by atoms with E-state index in [2.05, 4.69) is 10.3 Å². The molecule has 0 saturated carbocycles. The lowest BCUT2D eigenvalue weighted by Crippen LogP contribution is -2.36. The maximum absolute atomic E-state index is 12.1. The van der Waals surface area contributed by atoms with E-state index in [1.54, 1.807) is 13.3 Å². The zero-order chi connectivity index (χ0) is 16.9. The Morgan fingerprint density at radius 3 is 3.17 bits per heavy atom. The summed E-state index contributed by atoms with van der Waals surface area (Å²) in [5.41, 5.74) is 1.13. The van der Waals surface area contributed by atoms with Crippen LogP contribution < -0.4 is 14.8 Å². The molecule has 0 radical (unpaired) electrons. The molecule has 1 amide bonds. The zero-order valence-corrected chi connectivity index (χ0v) is 14.1. The first-order chi connectivity index (χ1) is 11.7. The molecule has 0 spiro atoms. The molecule has 1 atom stereocenters. The molecule has 1 aromatic heterocycles. The lowest BCUT2D eigenvalue weighted by Gasteiger charge is -2.26. The molecule has 2 heterocycles. The Balaban J connectivity index is 1.53. The molecule has 2 aromatic rings. The number of nitrogens with one attached hydrogen (secondary N) is 1. The first kappa shape index (κ1) is 16.4. The van der Waals surface area contributed by atoms with E-state index >= 15 is 0 Å². The number of amides is 1. The van der Waals surface area contributed by atoms with Gasteiger partial charge in [0.2, 0.25) is 5.91 Å². The SMILES string of the molecule is CCc1nccn1CC(=O)NCC1COc2c(cccc2OC)C1. The third-order valence-corrected chi connectivity index (χ3v) is 4.27. The van der Waals surface area contributed by atoms with Gasteiger partial charge in [0.25, 0.3) is 0 Å². The predicted octanol–water partition coefficient (Wildman–Crippen LogP) is 1.82. The average molecular weight is 329 g/mol. The van der Waals surface area contributed by atoms with Crippen molar-refractivity contribution in [3.8, 4) is 11.5 Å². The molecule has 24 heavy (non-hydrogen) atoms. The van der Waals surface area contributed by atoms with Crippen molar-refractivity contribution in [1.29, 1.82) is 0 Å². The van der Waals surface area contributed by atoms with Gasteiger partial charge >= 0.3 is 0 Å². The van der Waals surface area contributed by atoms with E-state index in [0.29, 0.717) is 19.7 Å². The van der Waals surface area contributed by atoms with Gasteiger partial charge in [-0.05, 0) is 18.1 Å². The van der Waals surface area contributed by atoms with Crippen LogP contribution in [0.3, 0.4) is 0 Å². The van der Waals surface area contributed by atoms with Crippen LogP contribution in [0.4, 0.5) is 0 Å². The number of benzene rings is 1. The second-order valence-electron chi connectivity index (χ2n) is 5.96. The fourth-order valence-corrected chi connectivity index (χ4v) is 3.02. The number of para-hydroxylation sites is 1. The number of fused-ring (bicyclic) bond motifs is 1. The number of nitrogens with zero attached hydrogens (tertiary/aromatic N) is 2. The summed E-state index contributed by atoms with van der Waals surface area (Å²) < 4.78 is 13.0. The first-order valence-electron chi connectivity index (χ1n) is 8.26. The minimum absolute atomic E-state index is 0.000797. The third kappa shape index (κ3) is 3.53. The summed E-state index contributed by atoms with van der Waals surface area (Å²) in [5.74, 6) is 2.78. The summed E-state index contributed by atoms with van der Waals surface area (Å²) in [6.07, 6.45) is 5.25. The van der Waals surface area contributed by atoms with Crippen LogP contribution in [0.2, 0.25) is 0 Å². The Bertz CT molecular complexity index is 711. The van der Waals surface area contributed by atoms with Crippen LogP contribution >= 0.6 is 0 Å². The quantitative estimate of drug-likeness (QED) is 0.878. The Hall–Kier alpha value is -2.50. The minimum atomic E-state index is -0.000797. The molecule has 0 bridgehead atoms. The van der Waals surface area contributed by atoms with Gasteiger partial charge in [0, 0.05) is 31.3 Å². The fourth-order valence-electron chi connectivity index (χ4n) is 3.02. The Kier molecular flexibility index (Phi) is 5.03. The van der Waals surface area contributed by atoms with Gasteiger partial charge in [-0.1, -0.05) is 19.1 Å². The summed E-state index contributed by atoms with van der Waals surface area (Å²) in [7, 11) is 1.64. The van der Waals surface area contributed by atoms with Crippen molar-refractivity contribution in [3.63, 3.8) is 0 Å². The van der Waals surface area contributed by atoms with E-state index in [4.69, 9.17) is 9.47 Å². The number of carbonyl (C=O) groups is 1. The number of hydrogen-bond acceptors (Lipinski definition) is 4. The van der Waals surface area contributed by atoms with Crippen molar-refractivity contribution < 1.29 is 14.3 Å². The number of rotatable bonds is 6. The highest BCUT2D eigenvalue weighted by Gasteiger charge is 2.23. The van der Waals surface area contributed by atoms with Crippen molar-refractivity contribution in [3.05, 3.63) is 42.0 Å². The lowest BCUT2D eigenvalue weighted by atomic mass is 9.96. The standard InChI is InChI=1S/C18H23N3O3/c1-3-16-19-7-8-21(16)11-17(22)20-10-13-9-14-5-4-6-15(23-2)18(14)24-12-13/h4-8,13H,3,9-12H2,1-2H3,(H,20,22). The molecule has 1 aliphatic rings. The molecule has 3 rings (SSSR count). The molecule has 128 valence electrons. The van der Waals surface area contributed by atoms with Crippen molar-refractivity contribution >= 4 is 5.91 Å². The van der Waals surface area contributed by atoms with Crippen molar-refractivity contribution in [1.82, 2.24) is 14.9 Å². The van der Waals surface area contributed by atoms with Crippen LogP contribution in [-0.2, 0) is 24.2 Å². The van der Waals surface area contributed by atoms with Gasteiger partial charge < -0.3 is 19.4 Å². The number of carbonyl (C=O) groups excluding carboxylic acids is 1. The Morgan fingerprint density at radius 2 is 2.38 bits per heavy atom. The van der Waals surface area contributed by atoms with Gasteiger partial charge in [0.1, 0.15) is 12.4 Å². The van der Waals surface area contributed by atoms with Gasteiger partial charge in [-0.25, -0.2) is 4.98 Å². The van der Waals surface area contributed by atoms with E-state index in [1.807, 2.05) is 35.9 Å². The fraction of sp³-hybridized carbons (Fsp3) is 0.444. The topological polar surface area (TPSA) is 65.4 Å². The van der Waals surface area contributed by atoms with Crippen molar-refractivity contribution in [2.45, 2.75) is 26.3 Å². The number of methoxy groups -OCH3 is 1. The molecule has 6 nitrogen and oxygen atoms in total. The van der Waals surface area contributed by atoms with Gasteiger partial charge in [0.05, 0.1) is 13.7 Å². The second-order valence-corrected chi connectivity index (χ2v) is 5.96. The second kappa shape index (κ2) is 7.38. The maximum Gasteiger partial charge on any atom is 0.239 e. The van der Waals surface area contributed by atoms with Crippen LogP contribution in [0, 0.1) is 5.92 Å². The van der Waals surface area contributed by atoms with Crippen LogP contribution in [0.5, 0.6) is 11.5 Å². The first-order valence-corrected chi connectivity index (χ1v) is 8.26. The maximum atomic E-state index is 12.1. The summed E-state index contributed by atoms with van der Waals surface area (Å²) in [6, 6.07) is 5.91. The molecule has 0 aliphatic carbocycles. The van der Waals surface area contributed by atoms with E-state index in [-0.39, 0.29) is 11.8 Å². The lowest BCUT2D eigenvalue weighted by molar-refractivity contribution is -0.121. The average Bonchev–Trinajstić information content (AvgIpc) is 3.06.